The van der Waals surface area contributed by atoms with Crippen LogP contribution in [0.25, 0.3) is 23.0 Å². The van der Waals surface area contributed by atoms with Crippen molar-refractivity contribution >= 4 is 0 Å². The lowest BCUT2D eigenvalue weighted by atomic mass is 10.1. The first-order valence-electron chi connectivity index (χ1n) is 9.83. The molecule has 0 radical (unpaired) electrons. The summed E-state index contributed by atoms with van der Waals surface area (Å²) in [6, 6.07) is 13.7. The zero-order valence-corrected chi connectivity index (χ0v) is 17.4. The van der Waals surface area contributed by atoms with Crippen molar-refractivity contribution in [3.05, 3.63) is 59.3 Å². The van der Waals surface area contributed by atoms with Crippen LogP contribution in [0.2, 0.25) is 0 Å². The minimum Gasteiger partial charge on any atom is -0.497 e. The number of aryl methyl sites for hydroxylation is 1. The van der Waals surface area contributed by atoms with E-state index >= 15 is 0 Å². The van der Waals surface area contributed by atoms with Gasteiger partial charge in [0.05, 0.1) is 38.6 Å². The summed E-state index contributed by atoms with van der Waals surface area (Å²) in [6.07, 6.45) is -0.0768. The molecule has 3 heterocycles. The van der Waals surface area contributed by atoms with Crippen LogP contribution >= 0.6 is 0 Å². The van der Waals surface area contributed by atoms with Gasteiger partial charge in [-0.2, -0.15) is 4.98 Å². The Labute approximate surface area is 178 Å². The standard InChI is InChI=1S/C22H21N5O4/c1-13-4-6-14(7-5-13)19-11-27-17(12-30-19)20(24-26-27)21-23-22(31-25-21)16-9-8-15(28-2)10-18(16)29-3/h4-10,19H,11-12H2,1-3H3/t19-/m1/s1. The number of hydrogen-bond acceptors (Lipinski definition) is 8. The zero-order chi connectivity index (χ0) is 21.4. The molecule has 0 N–H and O–H groups in total. The summed E-state index contributed by atoms with van der Waals surface area (Å²) in [5, 5.41) is 12.7. The third-order valence-corrected chi connectivity index (χ3v) is 5.32. The Morgan fingerprint density at radius 1 is 1.06 bits per heavy atom. The topological polar surface area (TPSA) is 97.3 Å². The van der Waals surface area contributed by atoms with E-state index in [9.17, 15) is 0 Å². The lowest BCUT2D eigenvalue weighted by Crippen LogP contribution is -2.22. The van der Waals surface area contributed by atoms with Gasteiger partial charge in [0.15, 0.2) is 5.69 Å². The number of aromatic nitrogens is 5. The van der Waals surface area contributed by atoms with Crippen molar-refractivity contribution in [1.82, 2.24) is 25.1 Å². The highest BCUT2D eigenvalue weighted by molar-refractivity contribution is 5.66. The number of hydrogen-bond donors (Lipinski definition) is 0. The molecule has 0 unspecified atom stereocenters. The van der Waals surface area contributed by atoms with Gasteiger partial charge in [0, 0.05) is 6.07 Å². The van der Waals surface area contributed by atoms with Crippen molar-refractivity contribution < 1.29 is 18.7 Å². The second-order valence-electron chi connectivity index (χ2n) is 7.27. The Hall–Kier alpha value is -3.72. The zero-order valence-electron chi connectivity index (χ0n) is 17.4. The number of fused-ring (bicyclic) bond motifs is 1. The predicted molar refractivity (Wildman–Crippen MR) is 111 cm³/mol. The monoisotopic (exact) mass is 419 g/mol. The summed E-state index contributed by atoms with van der Waals surface area (Å²) in [6.45, 7) is 2.99. The normalized spacial score (nSPS) is 15.5. The Morgan fingerprint density at radius 3 is 2.68 bits per heavy atom. The van der Waals surface area contributed by atoms with Crippen molar-refractivity contribution in [1.29, 1.82) is 0 Å². The van der Waals surface area contributed by atoms with Crippen LogP contribution in [0.5, 0.6) is 11.5 Å². The van der Waals surface area contributed by atoms with Gasteiger partial charge in [-0.3, -0.25) is 0 Å². The van der Waals surface area contributed by atoms with E-state index in [2.05, 4.69) is 51.6 Å². The van der Waals surface area contributed by atoms with Crippen LogP contribution < -0.4 is 9.47 Å². The summed E-state index contributed by atoms with van der Waals surface area (Å²) >= 11 is 0. The summed E-state index contributed by atoms with van der Waals surface area (Å²) < 4.78 is 24.1. The van der Waals surface area contributed by atoms with E-state index in [1.54, 1.807) is 26.4 Å². The maximum atomic E-state index is 6.08. The summed E-state index contributed by atoms with van der Waals surface area (Å²) in [7, 11) is 3.17. The molecule has 0 aliphatic carbocycles. The molecular weight excluding hydrogens is 398 g/mol. The van der Waals surface area contributed by atoms with Gasteiger partial charge in [-0.15, -0.1) is 5.10 Å². The van der Waals surface area contributed by atoms with Gasteiger partial charge in [-0.25, -0.2) is 4.68 Å². The second kappa shape index (κ2) is 7.84. The first kappa shape index (κ1) is 19.3. The molecular formula is C22H21N5O4. The Bertz CT molecular complexity index is 1220. The SMILES string of the molecule is COc1ccc(-c2nc(-c3nnn4c3CO[C@@H](c3ccc(C)cc3)C4)no2)c(OC)c1. The summed E-state index contributed by atoms with van der Waals surface area (Å²) in [5.41, 5.74) is 4.35. The second-order valence-corrected chi connectivity index (χ2v) is 7.27. The van der Waals surface area contributed by atoms with Gasteiger partial charge < -0.3 is 18.7 Å². The van der Waals surface area contributed by atoms with Crippen LogP contribution in [-0.4, -0.2) is 39.4 Å². The number of ether oxygens (including phenoxy) is 3. The number of nitrogens with zero attached hydrogens (tertiary/aromatic N) is 5. The molecule has 2 aromatic heterocycles. The fraction of sp³-hybridized carbons (Fsp3) is 0.273. The number of benzene rings is 2. The van der Waals surface area contributed by atoms with Crippen molar-refractivity contribution in [2.24, 2.45) is 0 Å². The molecule has 9 nitrogen and oxygen atoms in total. The van der Waals surface area contributed by atoms with Crippen molar-refractivity contribution in [3.8, 4) is 34.5 Å². The van der Waals surface area contributed by atoms with Gasteiger partial charge in [0.25, 0.3) is 5.89 Å². The van der Waals surface area contributed by atoms with E-state index in [4.69, 9.17) is 18.7 Å². The third-order valence-electron chi connectivity index (χ3n) is 5.32. The van der Waals surface area contributed by atoms with Gasteiger partial charge in [-0.05, 0) is 24.6 Å². The molecule has 158 valence electrons. The summed E-state index contributed by atoms with van der Waals surface area (Å²) in [4.78, 5) is 4.51. The number of methoxy groups -OCH3 is 2. The average molecular weight is 419 g/mol. The Morgan fingerprint density at radius 2 is 1.90 bits per heavy atom. The quantitative estimate of drug-likeness (QED) is 0.484. The maximum absolute atomic E-state index is 6.08. The van der Waals surface area contributed by atoms with E-state index in [0.717, 1.165) is 11.3 Å². The molecule has 0 saturated heterocycles. The van der Waals surface area contributed by atoms with E-state index < -0.39 is 0 Å². The van der Waals surface area contributed by atoms with E-state index in [-0.39, 0.29) is 6.10 Å². The molecule has 0 bridgehead atoms. The van der Waals surface area contributed by atoms with Crippen molar-refractivity contribution in [2.45, 2.75) is 26.2 Å². The molecule has 0 amide bonds. The third kappa shape index (κ3) is 3.53. The van der Waals surface area contributed by atoms with Crippen LogP contribution in [0, 0.1) is 6.92 Å². The first-order chi connectivity index (χ1) is 15.2. The molecule has 5 rings (SSSR count). The first-order valence-corrected chi connectivity index (χ1v) is 9.83. The minimum atomic E-state index is -0.0768. The predicted octanol–water partition coefficient (Wildman–Crippen LogP) is 3.59. The van der Waals surface area contributed by atoms with Crippen molar-refractivity contribution in [2.75, 3.05) is 14.2 Å². The lowest BCUT2D eigenvalue weighted by molar-refractivity contribution is -0.00112. The fourth-order valence-corrected chi connectivity index (χ4v) is 3.57. The average Bonchev–Trinajstić information content (AvgIpc) is 3.45. The van der Waals surface area contributed by atoms with E-state index in [1.807, 2.05) is 10.7 Å². The fourth-order valence-electron chi connectivity index (χ4n) is 3.57. The highest BCUT2D eigenvalue weighted by atomic mass is 16.5. The smallest absolute Gasteiger partial charge is 0.262 e. The van der Waals surface area contributed by atoms with Gasteiger partial charge in [0.1, 0.15) is 17.6 Å². The molecule has 1 aliphatic heterocycles. The largest absolute Gasteiger partial charge is 0.497 e. The van der Waals surface area contributed by atoms with E-state index in [1.165, 1.54) is 5.56 Å². The molecule has 31 heavy (non-hydrogen) atoms. The van der Waals surface area contributed by atoms with Crippen molar-refractivity contribution in [3.63, 3.8) is 0 Å². The number of rotatable bonds is 5. The van der Waals surface area contributed by atoms with Gasteiger partial charge in [-0.1, -0.05) is 40.2 Å². The van der Waals surface area contributed by atoms with Crippen LogP contribution in [-0.2, 0) is 17.9 Å². The molecule has 2 aromatic carbocycles. The Balaban J connectivity index is 1.42. The van der Waals surface area contributed by atoms with Crippen LogP contribution in [0.3, 0.4) is 0 Å². The van der Waals surface area contributed by atoms with Crippen LogP contribution in [0.15, 0.2) is 47.0 Å². The van der Waals surface area contributed by atoms with Crippen LogP contribution in [0.4, 0.5) is 0 Å². The molecule has 1 atom stereocenters. The minimum absolute atomic E-state index is 0.0768. The van der Waals surface area contributed by atoms with Gasteiger partial charge in [0.2, 0.25) is 5.82 Å². The van der Waals surface area contributed by atoms with Gasteiger partial charge >= 0.3 is 0 Å². The Kier molecular flexibility index (Phi) is 4.87. The van der Waals surface area contributed by atoms with Crippen LogP contribution in [0.1, 0.15) is 22.9 Å². The maximum Gasteiger partial charge on any atom is 0.262 e. The molecule has 0 saturated carbocycles. The molecule has 0 fully saturated rings. The molecule has 4 aromatic rings. The lowest BCUT2D eigenvalue weighted by Gasteiger charge is -2.24. The molecule has 1 aliphatic rings. The van der Waals surface area contributed by atoms with E-state index in [0.29, 0.717) is 47.6 Å². The molecule has 9 heteroatoms. The highest BCUT2D eigenvalue weighted by Crippen LogP contribution is 2.34. The molecule has 0 spiro atoms. The summed E-state index contributed by atoms with van der Waals surface area (Å²) in [5.74, 6) is 1.92. The highest BCUT2D eigenvalue weighted by Gasteiger charge is 2.28.